The molecule has 0 saturated carbocycles. The van der Waals surface area contributed by atoms with Crippen molar-refractivity contribution in [2.75, 3.05) is 0 Å². The van der Waals surface area contributed by atoms with Crippen LogP contribution in [0.1, 0.15) is 0 Å². The van der Waals surface area contributed by atoms with Gasteiger partial charge in [0.15, 0.2) is 17.5 Å². The third-order valence-corrected chi connectivity index (χ3v) is 11.2. The van der Waals surface area contributed by atoms with E-state index >= 15 is 0 Å². The van der Waals surface area contributed by atoms with E-state index in [0.717, 1.165) is 72.1 Å². The Morgan fingerprint density at radius 2 is 0.912 bits per heavy atom. The first-order chi connectivity index (χ1) is 28.3. The minimum Gasteiger partial charge on any atom is -0.456 e. The fourth-order valence-electron chi connectivity index (χ4n) is 8.70. The number of nitrogens with zero attached hydrogens (tertiary/aromatic N) is 5. The number of aromatic nitrogens is 5. The van der Waals surface area contributed by atoms with Gasteiger partial charge in [-0.25, -0.2) is 15.0 Å². The normalized spacial score (nSPS) is 11.9. The van der Waals surface area contributed by atoms with Crippen molar-refractivity contribution in [2.24, 2.45) is 0 Å². The highest BCUT2D eigenvalue weighted by Crippen LogP contribution is 2.44. The molecule has 4 aromatic heterocycles. The zero-order valence-electron chi connectivity index (χ0n) is 30.5. The van der Waals surface area contributed by atoms with Gasteiger partial charge in [0.1, 0.15) is 11.2 Å². The lowest BCUT2D eigenvalue weighted by molar-refractivity contribution is 0.669. The summed E-state index contributed by atoms with van der Waals surface area (Å²) >= 11 is 0. The van der Waals surface area contributed by atoms with Gasteiger partial charge in [-0.15, -0.1) is 0 Å². The van der Waals surface area contributed by atoms with Gasteiger partial charge < -0.3 is 13.6 Å². The van der Waals surface area contributed by atoms with Crippen LogP contribution < -0.4 is 0 Å². The second kappa shape index (κ2) is 12.3. The Labute approximate surface area is 326 Å². The molecule has 0 bridgehead atoms. The molecule has 6 nitrogen and oxygen atoms in total. The second-order valence-electron chi connectivity index (χ2n) is 14.4. The van der Waals surface area contributed by atoms with E-state index in [1.54, 1.807) is 0 Å². The summed E-state index contributed by atoms with van der Waals surface area (Å²) in [6.07, 6.45) is 0. The van der Waals surface area contributed by atoms with Gasteiger partial charge in [-0.2, -0.15) is 0 Å². The van der Waals surface area contributed by atoms with Gasteiger partial charge in [0.25, 0.3) is 0 Å². The average Bonchev–Trinajstić information content (AvgIpc) is 3.95. The highest BCUT2D eigenvalue weighted by Gasteiger charge is 2.23. The predicted octanol–water partition coefficient (Wildman–Crippen LogP) is 13.0. The summed E-state index contributed by atoms with van der Waals surface area (Å²) in [5, 5.41) is 6.96. The summed E-state index contributed by atoms with van der Waals surface area (Å²) in [5.41, 5.74) is 11.2. The number of para-hydroxylation sites is 3. The molecule has 266 valence electrons. The smallest absolute Gasteiger partial charge is 0.164 e. The number of hydrogen-bond acceptors (Lipinski definition) is 4. The highest BCUT2D eigenvalue weighted by atomic mass is 16.3. The molecule has 0 amide bonds. The van der Waals surface area contributed by atoms with E-state index in [1.165, 1.54) is 21.5 Å². The minimum atomic E-state index is 0.618. The molecule has 0 fully saturated rings. The maximum Gasteiger partial charge on any atom is 0.164 e. The molecule has 0 N–H and O–H groups in total. The number of furan rings is 1. The Bertz CT molecular complexity index is 3470. The summed E-state index contributed by atoms with van der Waals surface area (Å²) < 4.78 is 11.2. The Hall–Kier alpha value is -7.83. The van der Waals surface area contributed by atoms with E-state index in [0.29, 0.717) is 17.5 Å². The SMILES string of the molecule is c1ccc(-c2nc(-c3ccccc3)nc(-c3cccc(-n4c5ccccc5c5ccc6c(c7ccccc7n6-c6cccc7oc8ccccc8c67)c54)c3)n2)cc1. The first-order valence-electron chi connectivity index (χ1n) is 19.1. The highest BCUT2D eigenvalue weighted by molar-refractivity contribution is 6.26. The van der Waals surface area contributed by atoms with Crippen LogP contribution in [0.4, 0.5) is 0 Å². The standard InChI is InChI=1S/C51H31N5O/c1-3-15-32(16-4-1)49-52-50(33-17-5-2-6-18-33)54-51(53-49)34-19-13-20-35(31-34)55-40-24-10-7-21-36(40)37-29-30-43-47(48(37)55)38-22-8-11-25-41(38)56(43)42-26-14-28-45-46(42)39-23-9-12-27-44(39)57-45/h1-31H. The van der Waals surface area contributed by atoms with E-state index in [-0.39, 0.29) is 0 Å². The Balaban J connectivity index is 1.14. The van der Waals surface area contributed by atoms with Gasteiger partial charge >= 0.3 is 0 Å². The monoisotopic (exact) mass is 729 g/mol. The maximum atomic E-state index is 6.38. The van der Waals surface area contributed by atoms with E-state index < -0.39 is 0 Å². The van der Waals surface area contributed by atoms with Crippen LogP contribution in [0, 0.1) is 0 Å². The molecule has 8 aromatic carbocycles. The van der Waals surface area contributed by atoms with Gasteiger partial charge in [0, 0.05) is 49.3 Å². The molecule has 0 aliphatic rings. The molecule has 6 heteroatoms. The van der Waals surface area contributed by atoms with Gasteiger partial charge in [-0.05, 0) is 48.5 Å². The summed E-state index contributed by atoms with van der Waals surface area (Å²) in [4.78, 5) is 15.1. The van der Waals surface area contributed by atoms with E-state index in [2.05, 4.69) is 124 Å². The number of benzene rings is 8. The molecule has 12 rings (SSSR count). The number of fused-ring (bicyclic) bond motifs is 10. The molecular weight excluding hydrogens is 699 g/mol. The van der Waals surface area contributed by atoms with Gasteiger partial charge in [-0.1, -0.05) is 140 Å². The van der Waals surface area contributed by atoms with Gasteiger partial charge in [0.05, 0.1) is 33.1 Å². The summed E-state index contributed by atoms with van der Waals surface area (Å²) in [6.45, 7) is 0. The molecule has 0 aliphatic heterocycles. The molecule has 0 atom stereocenters. The fraction of sp³-hybridized carbons (Fsp3) is 0. The van der Waals surface area contributed by atoms with Crippen molar-refractivity contribution in [3.63, 3.8) is 0 Å². The quantitative estimate of drug-likeness (QED) is 0.177. The Morgan fingerprint density at radius 1 is 0.351 bits per heavy atom. The first kappa shape index (κ1) is 31.5. The van der Waals surface area contributed by atoms with Gasteiger partial charge in [-0.3, -0.25) is 0 Å². The van der Waals surface area contributed by atoms with Crippen molar-refractivity contribution in [3.8, 4) is 45.5 Å². The molecule has 0 radical (unpaired) electrons. The van der Waals surface area contributed by atoms with E-state index in [4.69, 9.17) is 19.4 Å². The van der Waals surface area contributed by atoms with Crippen molar-refractivity contribution >= 4 is 65.6 Å². The Morgan fingerprint density at radius 3 is 1.65 bits per heavy atom. The van der Waals surface area contributed by atoms with Crippen LogP contribution in [-0.4, -0.2) is 24.1 Å². The van der Waals surface area contributed by atoms with Crippen LogP contribution in [0.15, 0.2) is 192 Å². The van der Waals surface area contributed by atoms with Crippen molar-refractivity contribution in [2.45, 2.75) is 0 Å². The lowest BCUT2D eigenvalue weighted by Crippen LogP contribution is -2.01. The summed E-state index contributed by atoms with van der Waals surface area (Å²) in [7, 11) is 0. The molecule has 0 saturated heterocycles. The van der Waals surface area contributed by atoms with Crippen molar-refractivity contribution in [1.82, 2.24) is 24.1 Å². The topological polar surface area (TPSA) is 61.7 Å². The summed E-state index contributed by atoms with van der Waals surface area (Å²) in [6, 6.07) is 65.5. The third-order valence-electron chi connectivity index (χ3n) is 11.2. The molecule has 0 unspecified atom stereocenters. The van der Waals surface area contributed by atoms with Crippen LogP contribution in [0.2, 0.25) is 0 Å². The summed E-state index contributed by atoms with van der Waals surface area (Å²) in [5.74, 6) is 1.89. The van der Waals surface area contributed by atoms with Crippen LogP contribution in [0.3, 0.4) is 0 Å². The lowest BCUT2D eigenvalue weighted by atomic mass is 10.1. The molecule has 57 heavy (non-hydrogen) atoms. The lowest BCUT2D eigenvalue weighted by Gasteiger charge is -2.12. The van der Waals surface area contributed by atoms with Crippen molar-refractivity contribution in [1.29, 1.82) is 0 Å². The molecule has 4 heterocycles. The number of rotatable bonds is 5. The van der Waals surface area contributed by atoms with Crippen LogP contribution in [0.5, 0.6) is 0 Å². The first-order valence-corrected chi connectivity index (χ1v) is 19.1. The zero-order valence-corrected chi connectivity index (χ0v) is 30.5. The van der Waals surface area contributed by atoms with Gasteiger partial charge in [0.2, 0.25) is 0 Å². The van der Waals surface area contributed by atoms with Crippen molar-refractivity contribution < 1.29 is 4.42 Å². The predicted molar refractivity (Wildman–Crippen MR) is 232 cm³/mol. The van der Waals surface area contributed by atoms with E-state index in [1.807, 2.05) is 72.8 Å². The van der Waals surface area contributed by atoms with Crippen LogP contribution in [0.25, 0.3) is 111 Å². The number of hydrogen-bond donors (Lipinski definition) is 0. The third kappa shape index (κ3) is 4.81. The van der Waals surface area contributed by atoms with Crippen LogP contribution in [-0.2, 0) is 0 Å². The molecule has 0 spiro atoms. The maximum absolute atomic E-state index is 6.38. The average molecular weight is 730 g/mol. The fourth-order valence-corrected chi connectivity index (χ4v) is 8.70. The molecular formula is C51H31N5O. The Kier molecular flexibility index (Phi) is 6.83. The van der Waals surface area contributed by atoms with E-state index in [9.17, 15) is 0 Å². The second-order valence-corrected chi connectivity index (χ2v) is 14.4. The largest absolute Gasteiger partial charge is 0.456 e. The van der Waals surface area contributed by atoms with Crippen LogP contribution >= 0.6 is 0 Å². The molecule has 0 aliphatic carbocycles. The van der Waals surface area contributed by atoms with Crippen molar-refractivity contribution in [3.05, 3.63) is 188 Å². The minimum absolute atomic E-state index is 0.618. The zero-order chi connectivity index (χ0) is 37.5. The molecule has 12 aromatic rings.